The van der Waals surface area contributed by atoms with Crippen LogP contribution in [-0.2, 0) is 22.2 Å². The van der Waals surface area contributed by atoms with Gasteiger partial charge in [-0.25, -0.2) is 9.78 Å². The highest BCUT2D eigenvalue weighted by molar-refractivity contribution is 6.33. The summed E-state index contributed by atoms with van der Waals surface area (Å²) in [5, 5.41) is 8.94. The number of hydrogen-bond acceptors (Lipinski definition) is 3. The molecule has 1 atom stereocenters. The van der Waals surface area contributed by atoms with E-state index < -0.39 is 29.7 Å². The molecule has 0 aliphatic carbocycles. The first-order valence-electron chi connectivity index (χ1n) is 7.43. The number of carboxylic acids is 1. The largest absolute Gasteiger partial charge is 0.480 e. The number of rotatable bonds is 3. The van der Waals surface area contributed by atoms with E-state index in [-0.39, 0.29) is 22.8 Å². The Morgan fingerprint density at radius 3 is 2.72 bits per heavy atom. The molecule has 0 bridgehead atoms. The number of amides is 1. The highest BCUT2D eigenvalue weighted by atomic mass is 35.5. The first-order chi connectivity index (χ1) is 11.7. The summed E-state index contributed by atoms with van der Waals surface area (Å²) in [6.45, 7) is 0.335. The fourth-order valence-corrected chi connectivity index (χ4v) is 3.18. The summed E-state index contributed by atoms with van der Waals surface area (Å²) in [5.74, 6) is -1.50. The molecule has 134 valence electrons. The highest BCUT2D eigenvalue weighted by Crippen LogP contribution is 2.32. The first kappa shape index (κ1) is 17.5. The summed E-state index contributed by atoms with van der Waals surface area (Å²) in [5.41, 5.74) is -0.596. The molecule has 1 fully saturated rings. The van der Waals surface area contributed by atoms with Crippen LogP contribution in [0.25, 0.3) is 5.65 Å². The number of pyridine rings is 1. The number of aliphatic carboxylic acids is 1. The van der Waals surface area contributed by atoms with Crippen LogP contribution < -0.4 is 0 Å². The maximum atomic E-state index is 12.8. The smallest absolute Gasteiger partial charge is 0.417 e. The van der Waals surface area contributed by atoms with E-state index in [1.165, 1.54) is 11.1 Å². The molecule has 2 aromatic rings. The Morgan fingerprint density at radius 2 is 2.08 bits per heavy atom. The van der Waals surface area contributed by atoms with Crippen molar-refractivity contribution in [3.63, 3.8) is 0 Å². The Labute approximate surface area is 144 Å². The van der Waals surface area contributed by atoms with E-state index in [4.69, 9.17) is 16.7 Å². The Hall–Kier alpha value is -2.29. The number of alkyl halides is 3. The predicted octanol–water partition coefficient (Wildman–Crippen LogP) is 2.62. The van der Waals surface area contributed by atoms with Gasteiger partial charge in [-0.05, 0) is 18.9 Å². The minimum atomic E-state index is -4.55. The van der Waals surface area contributed by atoms with Crippen LogP contribution in [0.1, 0.15) is 24.1 Å². The lowest BCUT2D eigenvalue weighted by atomic mass is 10.2. The van der Waals surface area contributed by atoms with Gasteiger partial charge in [0.15, 0.2) is 5.65 Å². The summed E-state index contributed by atoms with van der Waals surface area (Å²) in [4.78, 5) is 28.8. The number of halogens is 4. The van der Waals surface area contributed by atoms with Crippen LogP contribution >= 0.6 is 11.6 Å². The molecule has 0 aromatic carbocycles. The number of hydrogen-bond donors (Lipinski definition) is 1. The van der Waals surface area contributed by atoms with Crippen LogP contribution in [0.5, 0.6) is 0 Å². The molecule has 1 aliphatic heterocycles. The van der Waals surface area contributed by atoms with E-state index in [9.17, 15) is 22.8 Å². The van der Waals surface area contributed by atoms with Gasteiger partial charge in [0.05, 0.1) is 22.7 Å². The molecule has 1 saturated heterocycles. The third-order valence-electron chi connectivity index (χ3n) is 4.07. The van der Waals surface area contributed by atoms with Crippen LogP contribution in [0.2, 0.25) is 5.02 Å². The quantitative estimate of drug-likeness (QED) is 0.895. The van der Waals surface area contributed by atoms with Crippen molar-refractivity contribution >= 4 is 29.1 Å². The van der Waals surface area contributed by atoms with Crippen LogP contribution in [0, 0.1) is 0 Å². The van der Waals surface area contributed by atoms with Crippen molar-refractivity contribution in [2.24, 2.45) is 0 Å². The van der Waals surface area contributed by atoms with E-state index in [0.29, 0.717) is 19.4 Å². The average Bonchev–Trinajstić information content (AvgIpc) is 3.12. The maximum Gasteiger partial charge on any atom is 0.417 e. The second-order valence-electron chi connectivity index (χ2n) is 5.80. The minimum absolute atomic E-state index is 0.105. The van der Waals surface area contributed by atoms with Gasteiger partial charge in [-0.3, -0.25) is 4.79 Å². The van der Waals surface area contributed by atoms with Crippen LogP contribution in [0.4, 0.5) is 13.2 Å². The van der Waals surface area contributed by atoms with Gasteiger partial charge in [0, 0.05) is 18.9 Å². The van der Waals surface area contributed by atoms with Crippen molar-refractivity contribution in [1.82, 2.24) is 14.3 Å². The molecule has 0 spiro atoms. The molecule has 25 heavy (non-hydrogen) atoms. The molecular weight excluding hydrogens is 363 g/mol. The molecule has 1 N–H and O–H groups in total. The molecule has 2 aromatic heterocycles. The van der Waals surface area contributed by atoms with Gasteiger partial charge in [-0.1, -0.05) is 11.6 Å². The fraction of sp³-hybridized carbons (Fsp3) is 0.400. The number of carbonyl (C=O) groups excluding carboxylic acids is 1. The monoisotopic (exact) mass is 375 g/mol. The standard InChI is InChI=1S/C15H13ClF3N3O3/c16-10-4-8(15(17,18)19)6-21-7-9(20-13(10)21)5-12(23)22-3-1-2-11(22)14(24)25/h4,6-7,11H,1-3,5H2,(H,24,25). The van der Waals surface area contributed by atoms with Crippen molar-refractivity contribution in [2.75, 3.05) is 6.54 Å². The normalized spacial score (nSPS) is 18.1. The Kier molecular flexibility index (Phi) is 4.36. The molecule has 1 aliphatic rings. The fourth-order valence-electron chi connectivity index (χ4n) is 2.93. The van der Waals surface area contributed by atoms with Gasteiger partial charge in [0.2, 0.25) is 5.91 Å². The zero-order chi connectivity index (χ0) is 18.4. The number of nitrogens with zero attached hydrogens (tertiary/aromatic N) is 3. The Balaban J connectivity index is 1.86. The lowest BCUT2D eigenvalue weighted by molar-refractivity contribution is -0.148. The summed E-state index contributed by atoms with van der Waals surface area (Å²) in [7, 11) is 0. The number of carbonyl (C=O) groups is 2. The number of likely N-dealkylation sites (tertiary alicyclic amines) is 1. The van der Waals surface area contributed by atoms with E-state index in [1.54, 1.807) is 0 Å². The number of imidazole rings is 1. The van der Waals surface area contributed by atoms with E-state index in [1.807, 2.05) is 0 Å². The van der Waals surface area contributed by atoms with Gasteiger partial charge in [0.25, 0.3) is 0 Å². The molecule has 3 heterocycles. The highest BCUT2D eigenvalue weighted by Gasteiger charge is 2.34. The molecule has 3 rings (SSSR count). The van der Waals surface area contributed by atoms with Crippen molar-refractivity contribution in [2.45, 2.75) is 31.5 Å². The molecular formula is C15H13ClF3N3O3. The van der Waals surface area contributed by atoms with Crippen LogP contribution in [0.3, 0.4) is 0 Å². The van der Waals surface area contributed by atoms with Gasteiger partial charge in [-0.15, -0.1) is 0 Å². The third kappa shape index (κ3) is 3.41. The van der Waals surface area contributed by atoms with Gasteiger partial charge >= 0.3 is 12.1 Å². The molecule has 6 nitrogen and oxygen atoms in total. The summed E-state index contributed by atoms with van der Waals surface area (Å²) < 4.78 is 39.6. The first-order valence-corrected chi connectivity index (χ1v) is 7.81. The topological polar surface area (TPSA) is 74.9 Å². The lowest BCUT2D eigenvalue weighted by Crippen LogP contribution is -2.41. The van der Waals surface area contributed by atoms with Gasteiger partial charge in [0.1, 0.15) is 6.04 Å². The Morgan fingerprint density at radius 1 is 1.36 bits per heavy atom. The molecule has 10 heteroatoms. The predicted molar refractivity (Wildman–Crippen MR) is 81.3 cm³/mol. The SMILES string of the molecule is O=C(O)C1CCCN1C(=O)Cc1cn2cc(C(F)(F)F)cc(Cl)c2n1. The zero-order valence-corrected chi connectivity index (χ0v) is 13.5. The number of carboxylic acid groups (broad SMARTS) is 1. The van der Waals surface area contributed by atoms with Gasteiger partial charge < -0.3 is 14.4 Å². The number of fused-ring (bicyclic) bond motifs is 1. The molecule has 0 radical (unpaired) electrons. The second-order valence-corrected chi connectivity index (χ2v) is 6.20. The third-order valence-corrected chi connectivity index (χ3v) is 4.35. The Bertz CT molecular complexity index is 850. The second kappa shape index (κ2) is 6.21. The zero-order valence-electron chi connectivity index (χ0n) is 12.8. The minimum Gasteiger partial charge on any atom is -0.480 e. The van der Waals surface area contributed by atoms with Crippen molar-refractivity contribution in [3.05, 3.63) is 34.7 Å². The summed E-state index contributed by atoms with van der Waals surface area (Å²) >= 11 is 5.85. The van der Waals surface area contributed by atoms with E-state index >= 15 is 0 Å². The van der Waals surface area contributed by atoms with E-state index in [0.717, 1.165) is 16.7 Å². The average molecular weight is 376 g/mol. The van der Waals surface area contributed by atoms with Crippen molar-refractivity contribution in [3.8, 4) is 0 Å². The summed E-state index contributed by atoms with van der Waals surface area (Å²) in [6, 6.07) is -0.0962. The van der Waals surface area contributed by atoms with Crippen LogP contribution in [0.15, 0.2) is 18.5 Å². The molecule has 1 amide bonds. The maximum absolute atomic E-state index is 12.8. The van der Waals surface area contributed by atoms with Crippen LogP contribution in [-0.4, -0.2) is 43.9 Å². The summed E-state index contributed by atoms with van der Waals surface area (Å²) in [6.07, 6.45) is -1.65. The lowest BCUT2D eigenvalue weighted by Gasteiger charge is -2.20. The van der Waals surface area contributed by atoms with Crippen molar-refractivity contribution in [1.29, 1.82) is 0 Å². The molecule has 1 unspecified atom stereocenters. The van der Waals surface area contributed by atoms with E-state index in [2.05, 4.69) is 4.98 Å². The van der Waals surface area contributed by atoms with Crippen molar-refractivity contribution < 1.29 is 27.9 Å². The number of aromatic nitrogens is 2. The molecule has 0 saturated carbocycles. The van der Waals surface area contributed by atoms with Gasteiger partial charge in [-0.2, -0.15) is 13.2 Å².